The molecule has 2 amide bonds. The van der Waals surface area contributed by atoms with Crippen LogP contribution < -0.4 is 15.4 Å². The van der Waals surface area contributed by atoms with Crippen molar-refractivity contribution in [1.82, 2.24) is 10.2 Å². The maximum atomic E-state index is 12.7. The summed E-state index contributed by atoms with van der Waals surface area (Å²) in [4.78, 5) is 15.3. The van der Waals surface area contributed by atoms with Crippen LogP contribution in [0.15, 0.2) is 140 Å². The molecule has 2 aliphatic rings. The predicted octanol–water partition coefficient (Wildman–Crippen LogP) is 9.94. The summed E-state index contributed by atoms with van der Waals surface area (Å²) < 4.78 is 19.2. The minimum Gasteiger partial charge on any atom is -0.457 e. The Kier molecular flexibility index (Phi) is 12.5. The van der Waals surface area contributed by atoms with E-state index in [0.29, 0.717) is 24.0 Å². The molecule has 3 atom stereocenters. The van der Waals surface area contributed by atoms with Gasteiger partial charge in [-0.3, -0.25) is 4.90 Å². The van der Waals surface area contributed by atoms with E-state index in [1.807, 2.05) is 84.9 Å². The summed E-state index contributed by atoms with van der Waals surface area (Å²) in [6, 6.07) is 41.7. The van der Waals surface area contributed by atoms with Crippen molar-refractivity contribution in [2.24, 2.45) is 0 Å². The molecule has 8 heteroatoms. The summed E-state index contributed by atoms with van der Waals surface area (Å²) in [6.45, 7) is 6.10. The number of para-hydroxylation sites is 1. The Balaban J connectivity index is 0.983. The number of rotatable bonds is 14. The molecule has 8 nitrogen and oxygen atoms in total. The van der Waals surface area contributed by atoms with Crippen molar-refractivity contribution < 1.29 is 24.1 Å². The summed E-state index contributed by atoms with van der Waals surface area (Å²) >= 11 is 0. The molecule has 7 rings (SSSR count). The number of benzene rings is 5. The highest BCUT2D eigenvalue weighted by molar-refractivity contribution is 5.89. The van der Waals surface area contributed by atoms with E-state index in [1.54, 1.807) is 0 Å². The highest BCUT2D eigenvalue weighted by atomic mass is 16.7. The molecule has 5 aromatic rings. The van der Waals surface area contributed by atoms with Crippen LogP contribution in [0.2, 0.25) is 0 Å². The molecule has 0 aromatic heterocycles. The van der Waals surface area contributed by atoms with Gasteiger partial charge in [-0.2, -0.15) is 0 Å². The van der Waals surface area contributed by atoms with Gasteiger partial charge in [0.25, 0.3) is 0 Å². The standard InChI is InChI=1S/C46H49N3O5/c1-2-27-49(40-11-6-7-12-40)31-43-29-44(36-17-15-33(32-50)16-18-36)54-45(53-43)37-21-19-35(20-22-37)38-10-8-9-34(28-38)30-47-46(51)48-39-23-25-42(26-24-39)52-41-13-4-3-5-14-41/h2-5,8-10,13-26,28,40,43-45,50H,1,6-7,11-12,27,29-32H2,(H2,47,48,51). The molecule has 0 bridgehead atoms. The first-order chi connectivity index (χ1) is 26.5. The van der Waals surface area contributed by atoms with Crippen LogP contribution in [0.1, 0.15) is 66.8 Å². The Morgan fingerprint density at radius 3 is 2.24 bits per heavy atom. The molecule has 0 spiro atoms. The van der Waals surface area contributed by atoms with Crippen molar-refractivity contribution in [3.63, 3.8) is 0 Å². The normalized spacial score (nSPS) is 18.7. The lowest BCUT2D eigenvalue weighted by Gasteiger charge is -2.39. The van der Waals surface area contributed by atoms with Gasteiger partial charge in [-0.1, -0.05) is 104 Å². The van der Waals surface area contributed by atoms with Gasteiger partial charge < -0.3 is 30.0 Å². The lowest BCUT2D eigenvalue weighted by Crippen LogP contribution is -2.43. The third kappa shape index (κ3) is 9.83. The largest absolute Gasteiger partial charge is 0.457 e. The van der Waals surface area contributed by atoms with Crippen molar-refractivity contribution in [2.75, 3.05) is 18.4 Å². The molecular weight excluding hydrogens is 675 g/mol. The van der Waals surface area contributed by atoms with Crippen LogP contribution in [-0.2, 0) is 22.6 Å². The van der Waals surface area contributed by atoms with E-state index in [-0.39, 0.29) is 24.8 Å². The zero-order valence-electron chi connectivity index (χ0n) is 30.6. The number of urea groups is 1. The third-order valence-electron chi connectivity index (χ3n) is 10.2. The number of ether oxygens (including phenoxy) is 3. The Morgan fingerprint density at radius 1 is 0.796 bits per heavy atom. The van der Waals surface area contributed by atoms with Gasteiger partial charge >= 0.3 is 6.03 Å². The van der Waals surface area contributed by atoms with Gasteiger partial charge in [0.05, 0.1) is 18.8 Å². The van der Waals surface area contributed by atoms with Crippen LogP contribution in [0.4, 0.5) is 10.5 Å². The zero-order chi connectivity index (χ0) is 37.1. The lowest BCUT2D eigenvalue weighted by atomic mass is 9.98. The number of carbonyl (C=O) groups excluding carboxylic acids is 1. The Labute approximate surface area is 318 Å². The van der Waals surface area contributed by atoms with Crippen molar-refractivity contribution in [2.45, 2.75) is 69.8 Å². The first kappa shape index (κ1) is 37.1. The summed E-state index contributed by atoms with van der Waals surface area (Å²) in [5.41, 5.74) is 6.71. The number of nitrogens with one attached hydrogen (secondary N) is 2. The summed E-state index contributed by atoms with van der Waals surface area (Å²) in [5, 5.41) is 15.5. The molecule has 3 N–H and O–H groups in total. The predicted molar refractivity (Wildman–Crippen MR) is 213 cm³/mol. The van der Waals surface area contributed by atoms with Crippen LogP contribution in [0.5, 0.6) is 11.5 Å². The number of anilines is 1. The number of nitrogens with zero attached hydrogens (tertiary/aromatic N) is 1. The smallest absolute Gasteiger partial charge is 0.319 e. The van der Waals surface area contributed by atoms with Crippen LogP contribution in [-0.4, -0.2) is 41.3 Å². The van der Waals surface area contributed by atoms with Gasteiger partial charge in [-0.05, 0) is 83.1 Å². The van der Waals surface area contributed by atoms with Crippen LogP contribution in [0.3, 0.4) is 0 Å². The fraction of sp³-hybridized carbons (Fsp3) is 0.283. The Bertz CT molecular complexity index is 1940. The minimum absolute atomic E-state index is 0.0131. The molecule has 0 radical (unpaired) electrons. The van der Waals surface area contributed by atoms with E-state index in [4.69, 9.17) is 14.2 Å². The van der Waals surface area contributed by atoms with E-state index in [0.717, 1.165) is 58.6 Å². The van der Waals surface area contributed by atoms with Gasteiger partial charge in [0.2, 0.25) is 0 Å². The van der Waals surface area contributed by atoms with Gasteiger partial charge in [-0.15, -0.1) is 6.58 Å². The van der Waals surface area contributed by atoms with E-state index < -0.39 is 6.29 Å². The second-order valence-corrected chi connectivity index (χ2v) is 14.1. The maximum absolute atomic E-state index is 12.7. The summed E-state index contributed by atoms with van der Waals surface area (Å²) in [6.07, 6.45) is 7.08. The maximum Gasteiger partial charge on any atom is 0.319 e. The summed E-state index contributed by atoms with van der Waals surface area (Å²) in [5.74, 6) is 1.45. The van der Waals surface area contributed by atoms with Crippen molar-refractivity contribution >= 4 is 11.7 Å². The van der Waals surface area contributed by atoms with Crippen molar-refractivity contribution in [3.8, 4) is 22.6 Å². The van der Waals surface area contributed by atoms with Crippen LogP contribution in [0, 0.1) is 0 Å². The van der Waals surface area contributed by atoms with Crippen molar-refractivity contribution in [3.05, 3.63) is 162 Å². The molecular formula is C46H49N3O5. The second-order valence-electron chi connectivity index (χ2n) is 14.1. The van der Waals surface area contributed by atoms with E-state index >= 15 is 0 Å². The Hall–Kier alpha value is -5.25. The fourth-order valence-corrected chi connectivity index (χ4v) is 7.38. The highest BCUT2D eigenvalue weighted by Gasteiger charge is 2.34. The molecule has 2 fully saturated rings. The SMILES string of the molecule is C=CCN(CC1CC(c2ccc(CO)cc2)OC(c2ccc(-c3cccc(CNC(=O)Nc4ccc(Oc5ccccc5)cc4)c3)cc2)O1)C1CCCC1. The first-order valence-electron chi connectivity index (χ1n) is 19.0. The van der Waals surface area contributed by atoms with Crippen molar-refractivity contribution in [1.29, 1.82) is 0 Å². The topological polar surface area (TPSA) is 92.3 Å². The molecule has 1 aliphatic carbocycles. The fourth-order valence-electron chi connectivity index (χ4n) is 7.38. The van der Waals surface area contributed by atoms with Gasteiger partial charge in [0.1, 0.15) is 11.5 Å². The number of aliphatic hydroxyl groups is 1. The van der Waals surface area contributed by atoms with Crippen LogP contribution in [0.25, 0.3) is 11.1 Å². The number of hydrogen-bond donors (Lipinski definition) is 3. The minimum atomic E-state index is -0.517. The number of hydrogen-bond acceptors (Lipinski definition) is 6. The molecule has 5 aromatic carbocycles. The molecule has 278 valence electrons. The van der Waals surface area contributed by atoms with Gasteiger partial charge in [-0.25, -0.2) is 4.79 Å². The van der Waals surface area contributed by atoms with E-state index in [2.05, 4.69) is 70.6 Å². The first-order valence-corrected chi connectivity index (χ1v) is 19.0. The van der Waals surface area contributed by atoms with Gasteiger partial charge in [0, 0.05) is 43.3 Å². The second kappa shape index (κ2) is 18.2. The average molecular weight is 724 g/mol. The average Bonchev–Trinajstić information content (AvgIpc) is 3.77. The van der Waals surface area contributed by atoms with Crippen LogP contribution >= 0.6 is 0 Å². The van der Waals surface area contributed by atoms with E-state index in [1.165, 1.54) is 25.7 Å². The molecule has 1 saturated carbocycles. The molecule has 3 unspecified atom stereocenters. The molecule has 1 aliphatic heterocycles. The summed E-state index contributed by atoms with van der Waals surface area (Å²) in [7, 11) is 0. The Morgan fingerprint density at radius 2 is 1.52 bits per heavy atom. The monoisotopic (exact) mass is 723 g/mol. The van der Waals surface area contributed by atoms with Gasteiger partial charge in [0.15, 0.2) is 6.29 Å². The number of aliphatic hydroxyl groups excluding tert-OH is 1. The van der Waals surface area contributed by atoms with E-state index in [9.17, 15) is 9.90 Å². The molecule has 54 heavy (non-hydrogen) atoms. The molecule has 1 saturated heterocycles. The zero-order valence-corrected chi connectivity index (χ0v) is 30.6. The number of amides is 2. The highest BCUT2D eigenvalue weighted by Crippen LogP contribution is 2.39. The molecule has 1 heterocycles. The number of carbonyl (C=O) groups is 1. The third-order valence-corrected chi connectivity index (χ3v) is 10.2. The quantitative estimate of drug-likeness (QED) is 0.0989. The lowest BCUT2D eigenvalue weighted by molar-refractivity contribution is -0.253.